The van der Waals surface area contributed by atoms with E-state index in [1.807, 2.05) is 19.1 Å². The molecule has 6 heteroatoms. The van der Waals surface area contributed by atoms with Crippen molar-refractivity contribution in [1.82, 2.24) is 19.9 Å². The first kappa shape index (κ1) is 19.7. The van der Waals surface area contributed by atoms with Crippen molar-refractivity contribution in [2.24, 2.45) is 0 Å². The Balaban J connectivity index is 1.78. The van der Waals surface area contributed by atoms with E-state index in [4.69, 9.17) is 9.72 Å². The maximum absolute atomic E-state index is 5.89. The number of morpholine rings is 1. The Hall–Kier alpha value is -2.05. The zero-order valence-electron chi connectivity index (χ0n) is 17.3. The van der Waals surface area contributed by atoms with Crippen LogP contribution in [0.4, 0.5) is 5.82 Å². The number of pyridine rings is 1. The molecule has 0 saturated carbocycles. The van der Waals surface area contributed by atoms with Gasteiger partial charge in [-0.05, 0) is 53.7 Å². The molecule has 2 aromatic rings. The SMILES string of the molecule is Cc1nc(-c2cccnc2)nc(NCC(C)(C)N2CC(C)OC(C)C2)c1C. The van der Waals surface area contributed by atoms with E-state index >= 15 is 0 Å². The summed E-state index contributed by atoms with van der Waals surface area (Å²) in [5.74, 6) is 1.60. The molecular weight excluding hydrogens is 338 g/mol. The van der Waals surface area contributed by atoms with E-state index in [0.717, 1.165) is 42.3 Å². The van der Waals surface area contributed by atoms with Crippen LogP contribution in [0.3, 0.4) is 0 Å². The van der Waals surface area contributed by atoms with Crippen LogP contribution in [0.15, 0.2) is 24.5 Å². The van der Waals surface area contributed by atoms with E-state index in [-0.39, 0.29) is 17.7 Å². The van der Waals surface area contributed by atoms with Crippen LogP contribution in [0.25, 0.3) is 11.4 Å². The average Bonchev–Trinajstić information content (AvgIpc) is 2.63. The lowest BCUT2D eigenvalue weighted by Gasteiger charge is -2.45. The largest absolute Gasteiger partial charge is 0.373 e. The number of nitrogens with zero attached hydrogens (tertiary/aromatic N) is 4. The monoisotopic (exact) mass is 369 g/mol. The fourth-order valence-corrected chi connectivity index (χ4v) is 3.51. The lowest BCUT2D eigenvalue weighted by atomic mass is 10.00. The Morgan fingerprint density at radius 1 is 1.19 bits per heavy atom. The summed E-state index contributed by atoms with van der Waals surface area (Å²) < 4.78 is 5.89. The number of rotatable bonds is 5. The summed E-state index contributed by atoms with van der Waals surface area (Å²) in [6, 6.07) is 3.90. The minimum Gasteiger partial charge on any atom is -0.373 e. The highest BCUT2D eigenvalue weighted by atomic mass is 16.5. The van der Waals surface area contributed by atoms with Crippen LogP contribution in [0.1, 0.15) is 39.0 Å². The minimum atomic E-state index is -0.00788. The summed E-state index contributed by atoms with van der Waals surface area (Å²) in [4.78, 5) is 16.1. The number of anilines is 1. The fourth-order valence-electron chi connectivity index (χ4n) is 3.51. The van der Waals surface area contributed by atoms with Crippen molar-refractivity contribution in [3.8, 4) is 11.4 Å². The molecule has 0 bridgehead atoms. The molecule has 0 spiro atoms. The first-order valence-electron chi connectivity index (χ1n) is 9.66. The van der Waals surface area contributed by atoms with E-state index in [9.17, 15) is 0 Å². The molecule has 2 aromatic heterocycles. The average molecular weight is 370 g/mol. The molecule has 3 heterocycles. The maximum atomic E-state index is 5.89. The third kappa shape index (κ3) is 4.62. The molecule has 0 radical (unpaired) electrons. The van der Waals surface area contributed by atoms with Crippen LogP contribution in [0, 0.1) is 13.8 Å². The number of aryl methyl sites for hydroxylation is 1. The molecule has 1 N–H and O–H groups in total. The Bertz CT molecular complexity index is 768. The molecule has 2 atom stereocenters. The molecule has 1 aliphatic heterocycles. The van der Waals surface area contributed by atoms with Crippen molar-refractivity contribution in [3.05, 3.63) is 35.8 Å². The number of hydrogen-bond donors (Lipinski definition) is 1. The van der Waals surface area contributed by atoms with Gasteiger partial charge in [-0.15, -0.1) is 0 Å². The molecule has 1 fully saturated rings. The summed E-state index contributed by atoms with van der Waals surface area (Å²) >= 11 is 0. The summed E-state index contributed by atoms with van der Waals surface area (Å²) in [5.41, 5.74) is 2.99. The molecule has 1 aliphatic rings. The third-order valence-electron chi connectivity index (χ3n) is 5.27. The molecule has 3 rings (SSSR count). The van der Waals surface area contributed by atoms with Crippen LogP contribution < -0.4 is 5.32 Å². The normalized spacial score (nSPS) is 21.3. The van der Waals surface area contributed by atoms with Gasteiger partial charge in [0.2, 0.25) is 0 Å². The van der Waals surface area contributed by atoms with Gasteiger partial charge in [-0.2, -0.15) is 0 Å². The lowest BCUT2D eigenvalue weighted by molar-refractivity contribution is -0.0933. The first-order valence-corrected chi connectivity index (χ1v) is 9.66. The molecular formula is C21H31N5O. The summed E-state index contributed by atoms with van der Waals surface area (Å²) in [6.07, 6.45) is 4.08. The van der Waals surface area contributed by atoms with Gasteiger partial charge in [0.25, 0.3) is 0 Å². The fraction of sp³-hybridized carbons (Fsp3) is 0.571. The van der Waals surface area contributed by atoms with E-state index in [1.54, 1.807) is 12.4 Å². The molecule has 146 valence electrons. The van der Waals surface area contributed by atoms with Crippen molar-refractivity contribution in [2.45, 2.75) is 59.3 Å². The molecule has 6 nitrogen and oxygen atoms in total. The van der Waals surface area contributed by atoms with Crippen LogP contribution in [-0.4, -0.2) is 57.2 Å². The Labute approximate surface area is 162 Å². The van der Waals surface area contributed by atoms with Crippen LogP contribution in [0.2, 0.25) is 0 Å². The summed E-state index contributed by atoms with van der Waals surface area (Å²) in [6.45, 7) is 15.6. The molecule has 0 aromatic carbocycles. The van der Waals surface area contributed by atoms with E-state index < -0.39 is 0 Å². The van der Waals surface area contributed by atoms with Crippen LogP contribution in [0.5, 0.6) is 0 Å². The number of ether oxygens (including phenoxy) is 1. The Kier molecular flexibility index (Phi) is 5.77. The zero-order chi connectivity index (χ0) is 19.6. The van der Waals surface area contributed by atoms with E-state index in [0.29, 0.717) is 5.82 Å². The van der Waals surface area contributed by atoms with Crippen molar-refractivity contribution < 1.29 is 4.74 Å². The quantitative estimate of drug-likeness (QED) is 0.871. The highest BCUT2D eigenvalue weighted by Gasteiger charge is 2.33. The van der Waals surface area contributed by atoms with Gasteiger partial charge in [0.15, 0.2) is 5.82 Å². The second-order valence-electron chi connectivity index (χ2n) is 8.18. The van der Waals surface area contributed by atoms with E-state index in [1.165, 1.54) is 0 Å². The second kappa shape index (κ2) is 7.90. The Morgan fingerprint density at radius 2 is 1.89 bits per heavy atom. The molecule has 0 amide bonds. The van der Waals surface area contributed by atoms with E-state index in [2.05, 4.69) is 54.8 Å². The van der Waals surface area contributed by atoms with Crippen molar-refractivity contribution >= 4 is 5.82 Å². The van der Waals surface area contributed by atoms with Gasteiger partial charge in [0, 0.05) is 54.4 Å². The zero-order valence-corrected chi connectivity index (χ0v) is 17.3. The second-order valence-corrected chi connectivity index (χ2v) is 8.18. The first-order chi connectivity index (χ1) is 12.8. The summed E-state index contributed by atoms with van der Waals surface area (Å²) in [7, 11) is 0. The highest BCUT2D eigenvalue weighted by Crippen LogP contribution is 2.24. The Morgan fingerprint density at radius 3 is 2.52 bits per heavy atom. The predicted molar refractivity (Wildman–Crippen MR) is 109 cm³/mol. The number of aromatic nitrogens is 3. The highest BCUT2D eigenvalue weighted by molar-refractivity contribution is 5.58. The van der Waals surface area contributed by atoms with Gasteiger partial charge in [-0.25, -0.2) is 9.97 Å². The molecule has 1 saturated heterocycles. The minimum absolute atomic E-state index is 0.00788. The van der Waals surface area contributed by atoms with Gasteiger partial charge >= 0.3 is 0 Å². The van der Waals surface area contributed by atoms with Crippen LogP contribution >= 0.6 is 0 Å². The van der Waals surface area contributed by atoms with Crippen LogP contribution in [-0.2, 0) is 4.74 Å². The molecule has 0 aliphatic carbocycles. The van der Waals surface area contributed by atoms with Crippen molar-refractivity contribution in [1.29, 1.82) is 0 Å². The topological polar surface area (TPSA) is 63.2 Å². The number of hydrogen-bond acceptors (Lipinski definition) is 6. The predicted octanol–water partition coefficient (Wildman–Crippen LogP) is 3.46. The van der Waals surface area contributed by atoms with Gasteiger partial charge in [0.1, 0.15) is 5.82 Å². The van der Waals surface area contributed by atoms with Gasteiger partial charge in [0.05, 0.1) is 12.2 Å². The molecule has 2 unspecified atom stereocenters. The smallest absolute Gasteiger partial charge is 0.163 e. The van der Waals surface area contributed by atoms with Gasteiger partial charge < -0.3 is 10.1 Å². The van der Waals surface area contributed by atoms with Gasteiger partial charge in [-0.1, -0.05) is 0 Å². The molecule has 27 heavy (non-hydrogen) atoms. The summed E-state index contributed by atoms with van der Waals surface area (Å²) in [5, 5.41) is 3.58. The number of nitrogens with one attached hydrogen (secondary N) is 1. The third-order valence-corrected chi connectivity index (χ3v) is 5.27. The van der Waals surface area contributed by atoms with Crippen molar-refractivity contribution in [3.63, 3.8) is 0 Å². The standard InChI is InChI=1S/C21H31N5O/c1-14-11-26(12-15(2)27-14)21(5,6)13-23-19-16(3)17(4)24-20(25-19)18-8-7-9-22-10-18/h7-10,14-15H,11-13H2,1-6H3,(H,23,24,25). The maximum Gasteiger partial charge on any atom is 0.163 e. The van der Waals surface area contributed by atoms with Gasteiger partial charge in [-0.3, -0.25) is 9.88 Å². The lowest BCUT2D eigenvalue weighted by Crippen LogP contribution is -2.57. The van der Waals surface area contributed by atoms with Crippen molar-refractivity contribution in [2.75, 3.05) is 25.0 Å².